The Morgan fingerprint density at radius 3 is 2.17 bits per heavy atom. The van der Waals surface area contributed by atoms with Crippen LogP contribution >= 0.6 is 0 Å². The number of halogens is 7. The van der Waals surface area contributed by atoms with Gasteiger partial charge < -0.3 is 10.2 Å². The molecule has 1 saturated heterocycles. The first kappa shape index (κ1) is 26.2. The summed E-state index contributed by atoms with van der Waals surface area (Å²) < 4.78 is 121. The van der Waals surface area contributed by atoms with Crippen molar-refractivity contribution in [2.45, 2.75) is 66.2 Å². The highest BCUT2D eigenvalue weighted by atomic mass is 32.2. The van der Waals surface area contributed by atoms with Crippen LogP contribution in [0.5, 0.6) is 0 Å². The second-order valence-corrected chi connectivity index (χ2v) is 11.5. The van der Waals surface area contributed by atoms with Crippen LogP contribution in [-0.4, -0.2) is 54.7 Å². The number of carbonyl (C=O) groups excluding carboxylic acids is 2. The molecule has 0 bridgehead atoms. The lowest BCUT2D eigenvalue weighted by molar-refractivity contribution is -0.199. The smallest absolute Gasteiger partial charge is 0.336 e. The van der Waals surface area contributed by atoms with Gasteiger partial charge in [-0.25, -0.2) is 12.8 Å². The first-order valence-corrected chi connectivity index (χ1v) is 12.2. The van der Waals surface area contributed by atoms with E-state index >= 15 is 0 Å². The molecule has 2 amide bonds. The Hall–Kier alpha value is -2.89. The summed E-state index contributed by atoms with van der Waals surface area (Å²) in [5.41, 5.74) is -5.93. The van der Waals surface area contributed by atoms with Crippen LogP contribution in [0.3, 0.4) is 0 Å². The molecule has 1 N–H and O–H groups in total. The number of rotatable bonds is 5. The summed E-state index contributed by atoms with van der Waals surface area (Å²) in [6.45, 7) is -0.981. The van der Waals surface area contributed by atoms with Crippen LogP contribution in [0.15, 0.2) is 23.1 Å². The zero-order valence-electron chi connectivity index (χ0n) is 18.2. The quantitative estimate of drug-likeness (QED) is 0.456. The maximum atomic E-state index is 13.6. The Labute approximate surface area is 200 Å². The van der Waals surface area contributed by atoms with Crippen LogP contribution in [-0.2, 0) is 25.6 Å². The van der Waals surface area contributed by atoms with Gasteiger partial charge >= 0.3 is 12.4 Å². The van der Waals surface area contributed by atoms with E-state index in [2.05, 4.69) is 5.32 Å². The fourth-order valence-electron chi connectivity index (χ4n) is 4.37. The molecule has 1 aromatic rings. The molecule has 196 valence electrons. The third-order valence-electron chi connectivity index (χ3n) is 6.85. The summed E-state index contributed by atoms with van der Waals surface area (Å²) in [5.74, 6) is -3.99. The maximum absolute atomic E-state index is 13.6. The number of hydrogen-bond donors (Lipinski definition) is 1. The summed E-state index contributed by atoms with van der Waals surface area (Å²) in [6, 6.07) is 0.900. The van der Waals surface area contributed by atoms with E-state index in [0.717, 1.165) is 0 Å². The van der Waals surface area contributed by atoms with E-state index in [1.54, 1.807) is 0 Å². The van der Waals surface area contributed by atoms with Gasteiger partial charge in [-0.3, -0.25) is 9.59 Å². The lowest BCUT2D eigenvalue weighted by atomic mass is 10.0. The van der Waals surface area contributed by atoms with Crippen molar-refractivity contribution >= 4 is 21.7 Å². The Kier molecular flexibility index (Phi) is 5.86. The molecular formula is C21H18F7N3O4S. The predicted octanol–water partition coefficient (Wildman–Crippen LogP) is 3.10. The first-order chi connectivity index (χ1) is 16.5. The summed E-state index contributed by atoms with van der Waals surface area (Å²) in [6.07, 6.45) is -11.8. The summed E-state index contributed by atoms with van der Waals surface area (Å²) in [4.78, 5) is 25.0. The molecule has 2 aliphatic carbocycles. The number of alkyl halides is 6. The van der Waals surface area contributed by atoms with Gasteiger partial charge in [0.15, 0.2) is 9.84 Å². The third kappa shape index (κ3) is 4.29. The lowest BCUT2D eigenvalue weighted by Crippen LogP contribution is -2.53. The average molecular weight is 541 g/mol. The molecule has 3 fully saturated rings. The number of nitrogens with zero attached hydrogens (tertiary/aromatic N) is 2. The molecule has 0 spiro atoms. The summed E-state index contributed by atoms with van der Waals surface area (Å²) in [5, 5.41) is 9.63. The molecule has 0 aromatic heterocycles. The fraction of sp³-hybridized carbons (Fsp3) is 0.571. The third-order valence-corrected chi connectivity index (χ3v) is 9.04. The number of nitrogens with one attached hydrogen (secondary N) is 1. The minimum Gasteiger partial charge on any atom is -0.336 e. The number of amides is 2. The average Bonchev–Trinajstić information content (AvgIpc) is 3.68. The molecule has 7 nitrogen and oxygen atoms in total. The second-order valence-electron chi connectivity index (χ2n) is 9.28. The molecule has 36 heavy (non-hydrogen) atoms. The van der Waals surface area contributed by atoms with Crippen molar-refractivity contribution in [2.75, 3.05) is 6.54 Å². The van der Waals surface area contributed by atoms with Crippen LogP contribution < -0.4 is 5.32 Å². The molecule has 0 radical (unpaired) electrons. The molecule has 1 heterocycles. The van der Waals surface area contributed by atoms with Crippen molar-refractivity contribution in [1.29, 1.82) is 5.26 Å². The van der Waals surface area contributed by atoms with Gasteiger partial charge in [-0.15, -0.1) is 0 Å². The zero-order chi connectivity index (χ0) is 26.9. The van der Waals surface area contributed by atoms with E-state index in [1.165, 1.54) is 0 Å². The van der Waals surface area contributed by atoms with E-state index < -0.39 is 98.3 Å². The number of carbonyl (C=O) groups is 2. The molecular weight excluding hydrogens is 523 g/mol. The normalized spacial score (nSPS) is 24.7. The number of nitriles is 1. The van der Waals surface area contributed by atoms with E-state index in [9.17, 15) is 54.0 Å². The Balaban J connectivity index is 1.72. The number of likely N-dealkylation sites (tertiary alicyclic amines) is 1. The zero-order valence-corrected chi connectivity index (χ0v) is 19.0. The molecule has 3 aliphatic rings. The monoisotopic (exact) mass is 541 g/mol. The minimum absolute atomic E-state index is 0.0262. The molecule has 4 rings (SSSR count). The van der Waals surface area contributed by atoms with Gasteiger partial charge in [-0.1, -0.05) is 0 Å². The lowest BCUT2D eigenvalue weighted by Gasteiger charge is -2.29. The molecule has 15 heteroatoms. The summed E-state index contributed by atoms with van der Waals surface area (Å²) >= 11 is 0. The van der Waals surface area contributed by atoms with Crippen LogP contribution in [0.25, 0.3) is 0 Å². The van der Waals surface area contributed by atoms with Crippen molar-refractivity contribution < 1.29 is 48.7 Å². The summed E-state index contributed by atoms with van der Waals surface area (Å²) in [7, 11) is -5.00. The van der Waals surface area contributed by atoms with Gasteiger partial charge in [-0.2, -0.15) is 31.6 Å². The second kappa shape index (κ2) is 8.06. The highest BCUT2D eigenvalue weighted by molar-refractivity contribution is 7.92. The predicted molar refractivity (Wildman–Crippen MR) is 106 cm³/mol. The minimum atomic E-state index is -5.28. The van der Waals surface area contributed by atoms with Gasteiger partial charge in [0.25, 0.3) is 0 Å². The van der Waals surface area contributed by atoms with Gasteiger partial charge in [0.1, 0.15) is 22.8 Å². The largest absolute Gasteiger partial charge is 0.417 e. The molecule has 2 saturated carbocycles. The molecule has 1 aromatic carbocycles. The van der Waals surface area contributed by atoms with Gasteiger partial charge in [0, 0.05) is 6.54 Å². The molecule has 2 atom stereocenters. The number of sulfone groups is 1. The highest BCUT2D eigenvalue weighted by Gasteiger charge is 2.70. The topological polar surface area (TPSA) is 107 Å². The van der Waals surface area contributed by atoms with Crippen LogP contribution in [0.2, 0.25) is 0 Å². The van der Waals surface area contributed by atoms with Crippen molar-refractivity contribution in [3.8, 4) is 6.07 Å². The Morgan fingerprint density at radius 1 is 1.08 bits per heavy atom. The van der Waals surface area contributed by atoms with E-state index in [-0.39, 0.29) is 18.9 Å². The van der Waals surface area contributed by atoms with Gasteiger partial charge in [0.05, 0.1) is 21.8 Å². The van der Waals surface area contributed by atoms with E-state index in [0.29, 0.717) is 17.0 Å². The van der Waals surface area contributed by atoms with E-state index in [1.807, 2.05) is 6.07 Å². The Bertz CT molecular complexity index is 1260. The van der Waals surface area contributed by atoms with E-state index in [4.69, 9.17) is 0 Å². The van der Waals surface area contributed by atoms with Gasteiger partial charge in [0.2, 0.25) is 11.8 Å². The number of hydrogen-bond acceptors (Lipinski definition) is 5. The van der Waals surface area contributed by atoms with Crippen LogP contribution in [0.4, 0.5) is 30.7 Å². The standard InChI is InChI=1S/C21H18F7N3O4S/c22-11-1-2-15(13(7-11)20(23,24)25)36(34,35)12-8-14(16(32)30-18(10-29)3-4-18)31(9-12)17(33)19(5-6-19)21(26,27)28/h1-2,7,12,14H,3-6,8-9H2,(H,30,32)/t12-,14+/m1/s1. The molecule has 0 unspecified atom stereocenters. The van der Waals surface area contributed by atoms with Crippen LogP contribution in [0.1, 0.15) is 37.7 Å². The number of benzene rings is 1. The van der Waals surface area contributed by atoms with Crippen LogP contribution in [0, 0.1) is 22.6 Å². The van der Waals surface area contributed by atoms with Crippen molar-refractivity contribution in [3.05, 3.63) is 29.6 Å². The van der Waals surface area contributed by atoms with Crippen molar-refractivity contribution in [1.82, 2.24) is 10.2 Å². The molecule has 1 aliphatic heterocycles. The Morgan fingerprint density at radius 2 is 1.69 bits per heavy atom. The van der Waals surface area contributed by atoms with Crippen molar-refractivity contribution in [2.24, 2.45) is 5.41 Å². The fourth-order valence-corrected chi connectivity index (χ4v) is 6.26. The van der Waals surface area contributed by atoms with Gasteiger partial charge in [-0.05, 0) is 50.3 Å². The SMILES string of the molecule is N#CC1(NC(=O)[C@@H]2C[C@@H](S(=O)(=O)c3ccc(F)cc3C(F)(F)F)CN2C(=O)C2(C(F)(F)F)CC2)CC1. The first-order valence-electron chi connectivity index (χ1n) is 10.7. The highest BCUT2D eigenvalue weighted by Crippen LogP contribution is 2.59. The van der Waals surface area contributed by atoms with Crippen molar-refractivity contribution in [3.63, 3.8) is 0 Å². The maximum Gasteiger partial charge on any atom is 0.417 e.